The van der Waals surface area contributed by atoms with E-state index in [9.17, 15) is 14.7 Å². The van der Waals surface area contributed by atoms with Gasteiger partial charge in [-0.15, -0.1) is 0 Å². The van der Waals surface area contributed by atoms with E-state index in [-0.39, 0.29) is 46.3 Å². The SMILES string of the molecule is C=C(CO)[C@@H]1CC[C@]2(COC3CCCCO3)CC[C@]3(C)[C@H](CC[C@@H]4[C@@]5(C)C=C(C=O)C(=O)C(C)(C)[C@@H]5CC[C@]43C)[C@@H]12. The van der Waals surface area contributed by atoms with Gasteiger partial charge in [-0.2, -0.15) is 0 Å². The van der Waals surface area contributed by atoms with Gasteiger partial charge in [-0.05, 0) is 127 Å². The summed E-state index contributed by atoms with van der Waals surface area (Å²) in [6.07, 6.45) is 15.1. The molecule has 1 aliphatic heterocycles. The number of Topliss-reactive ketones (excluding diaryl/α,β-unsaturated/α-hetero) is 1. The maximum absolute atomic E-state index is 13.3. The van der Waals surface area contributed by atoms with E-state index in [0.717, 1.165) is 82.9 Å². The van der Waals surface area contributed by atoms with Crippen molar-refractivity contribution in [2.75, 3.05) is 19.8 Å². The highest BCUT2D eigenvalue weighted by Gasteiger charge is 2.71. The van der Waals surface area contributed by atoms with Gasteiger partial charge in [0.15, 0.2) is 18.4 Å². The summed E-state index contributed by atoms with van der Waals surface area (Å²) < 4.78 is 12.6. The van der Waals surface area contributed by atoms with Gasteiger partial charge in [-0.3, -0.25) is 9.59 Å². The minimum absolute atomic E-state index is 0.0270. The van der Waals surface area contributed by atoms with Crippen LogP contribution in [-0.4, -0.2) is 43.3 Å². The Bertz CT molecular complexity index is 1120. The molecule has 0 aromatic rings. The van der Waals surface area contributed by atoms with Crippen LogP contribution in [0.25, 0.3) is 0 Å². The van der Waals surface area contributed by atoms with Crippen LogP contribution in [0.1, 0.15) is 105 Å². The number of aliphatic hydroxyl groups excluding tert-OH is 1. The normalized spacial score (nSPS) is 48.7. The molecule has 0 spiro atoms. The smallest absolute Gasteiger partial charge is 0.171 e. The van der Waals surface area contributed by atoms with Crippen molar-refractivity contribution in [2.45, 2.75) is 112 Å². The van der Waals surface area contributed by atoms with Gasteiger partial charge in [0.25, 0.3) is 0 Å². The van der Waals surface area contributed by atoms with E-state index in [1.54, 1.807) is 0 Å². The lowest BCUT2D eigenvalue weighted by Gasteiger charge is -2.71. The van der Waals surface area contributed by atoms with Crippen molar-refractivity contribution in [1.82, 2.24) is 0 Å². The van der Waals surface area contributed by atoms with Crippen molar-refractivity contribution in [3.05, 3.63) is 23.8 Å². The minimum Gasteiger partial charge on any atom is -0.392 e. The van der Waals surface area contributed by atoms with Crippen LogP contribution < -0.4 is 0 Å². The highest BCUT2D eigenvalue weighted by atomic mass is 16.7. The molecule has 41 heavy (non-hydrogen) atoms. The molecule has 0 amide bonds. The molecule has 4 saturated carbocycles. The Hall–Kier alpha value is -1.30. The Kier molecular flexibility index (Phi) is 7.35. The van der Waals surface area contributed by atoms with Crippen LogP contribution in [0, 0.1) is 56.7 Å². The second-order valence-electron chi connectivity index (χ2n) is 16.3. The van der Waals surface area contributed by atoms with Crippen LogP contribution in [0.3, 0.4) is 0 Å². The molecule has 5 aliphatic carbocycles. The fourth-order valence-corrected chi connectivity index (χ4v) is 12.3. The van der Waals surface area contributed by atoms with Crippen molar-refractivity contribution in [2.24, 2.45) is 56.7 Å². The summed E-state index contributed by atoms with van der Waals surface area (Å²) in [6, 6.07) is 0. The average Bonchev–Trinajstić information content (AvgIpc) is 3.34. The van der Waals surface area contributed by atoms with E-state index in [4.69, 9.17) is 9.47 Å². The van der Waals surface area contributed by atoms with Crippen LogP contribution in [0.2, 0.25) is 0 Å². The number of hydrogen-bond acceptors (Lipinski definition) is 5. The molecule has 5 fully saturated rings. The molecule has 5 heteroatoms. The molecule has 1 saturated heterocycles. The van der Waals surface area contributed by atoms with E-state index in [2.05, 4.69) is 47.3 Å². The number of ketones is 1. The first-order valence-electron chi connectivity index (χ1n) is 16.6. The van der Waals surface area contributed by atoms with Crippen LogP contribution in [0.4, 0.5) is 0 Å². The Labute approximate surface area is 247 Å². The highest BCUT2D eigenvalue weighted by molar-refractivity contribution is 6.15. The number of rotatable bonds is 6. The summed E-state index contributed by atoms with van der Waals surface area (Å²) in [7, 11) is 0. The zero-order valence-corrected chi connectivity index (χ0v) is 26.3. The zero-order valence-electron chi connectivity index (χ0n) is 26.3. The van der Waals surface area contributed by atoms with Gasteiger partial charge in [-0.1, -0.05) is 47.3 Å². The number of hydrogen-bond donors (Lipinski definition) is 1. The van der Waals surface area contributed by atoms with E-state index < -0.39 is 5.41 Å². The van der Waals surface area contributed by atoms with Crippen molar-refractivity contribution in [3.63, 3.8) is 0 Å². The number of aldehydes is 1. The second kappa shape index (κ2) is 10.1. The van der Waals surface area contributed by atoms with E-state index >= 15 is 0 Å². The molecule has 1 unspecified atom stereocenters. The Balaban J connectivity index is 1.36. The van der Waals surface area contributed by atoms with Crippen LogP contribution in [0.5, 0.6) is 0 Å². The maximum Gasteiger partial charge on any atom is 0.171 e. The van der Waals surface area contributed by atoms with Gasteiger partial charge < -0.3 is 14.6 Å². The maximum atomic E-state index is 13.3. The number of allylic oxidation sites excluding steroid dienone is 2. The minimum atomic E-state index is -0.519. The number of carbonyl (C=O) groups is 2. The lowest BCUT2D eigenvalue weighted by atomic mass is 9.33. The molecule has 0 aromatic heterocycles. The van der Waals surface area contributed by atoms with Crippen LogP contribution in [-0.2, 0) is 19.1 Å². The number of fused-ring (bicyclic) bond motifs is 7. The topological polar surface area (TPSA) is 72.8 Å². The summed E-state index contributed by atoms with van der Waals surface area (Å²) in [5.74, 6) is 2.04. The number of ether oxygens (including phenoxy) is 2. The van der Waals surface area contributed by atoms with E-state index in [1.165, 1.54) is 12.8 Å². The van der Waals surface area contributed by atoms with E-state index in [0.29, 0.717) is 29.2 Å². The molecule has 0 bridgehead atoms. The summed E-state index contributed by atoms with van der Waals surface area (Å²) in [5.41, 5.74) is 1.06. The lowest BCUT2D eigenvalue weighted by Crippen LogP contribution is -2.66. The molecule has 10 atom stereocenters. The van der Waals surface area contributed by atoms with Crippen molar-refractivity contribution < 1.29 is 24.2 Å². The first-order chi connectivity index (χ1) is 19.4. The van der Waals surface area contributed by atoms with Gasteiger partial charge in [-0.25, -0.2) is 0 Å². The van der Waals surface area contributed by atoms with Crippen LogP contribution in [0.15, 0.2) is 23.8 Å². The first-order valence-corrected chi connectivity index (χ1v) is 16.6. The van der Waals surface area contributed by atoms with Crippen molar-refractivity contribution in [3.8, 4) is 0 Å². The summed E-state index contributed by atoms with van der Waals surface area (Å²) in [6.45, 7) is 17.7. The average molecular weight is 567 g/mol. The molecule has 6 rings (SSSR count). The number of carbonyl (C=O) groups excluding carboxylic acids is 2. The Morgan fingerprint density at radius 1 is 1.00 bits per heavy atom. The molecule has 228 valence electrons. The first kappa shape index (κ1) is 29.8. The third-order valence-electron chi connectivity index (χ3n) is 14.5. The Morgan fingerprint density at radius 2 is 1.78 bits per heavy atom. The van der Waals surface area contributed by atoms with Crippen molar-refractivity contribution >= 4 is 12.1 Å². The van der Waals surface area contributed by atoms with E-state index in [1.807, 2.05) is 0 Å². The molecule has 0 radical (unpaired) electrons. The molecular formula is C36H54O5. The third-order valence-corrected chi connectivity index (χ3v) is 14.5. The lowest BCUT2D eigenvalue weighted by molar-refractivity contribution is -0.236. The molecule has 6 aliphatic rings. The van der Waals surface area contributed by atoms with Gasteiger partial charge in [0.1, 0.15) is 0 Å². The molecule has 1 heterocycles. The Morgan fingerprint density at radius 3 is 2.46 bits per heavy atom. The van der Waals surface area contributed by atoms with Gasteiger partial charge in [0, 0.05) is 12.0 Å². The fourth-order valence-electron chi connectivity index (χ4n) is 12.3. The third kappa shape index (κ3) is 4.10. The van der Waals surface area contributed by atoms with Crippen LogP contribution >= 0.6 is 0 Å². The van der Waals surface area contributed by atoms with Gasteiger partial charge >= 0.3 is 0 Å². The predicted octanol–water partition coefficient (Wildman–Crippen LogP) is 7.07. The number of aliphatic hydroxyl groups is 1. The quantitative estimate of drug-likeness (QED) is 0.211. The summed E-state index contributed by atoms with van der Waals surface area (Å²) in [4.78, 5) is 25.5. The fraction of sp³-hybridized carbons (Fsp3) is 0.833. The largest absolute Gasteiger partial charge is 0.392 e. The van der Waals surface area contributed by atoms with Gasteiger partial charge in [0.05, 0.1) is 18.8 Å². The van der Waals surface area contributed by atoms with Crippen molar-refractivity contribution in [1.29, 1.82) is 0 Å². The summed E-state index contributed by atoms with van der Waals surface area (Å²) >= 11 is 0. The zero-order chi connectivity index (χ0) is 29.4. The van der Waals surface area contributed by atoms with Gasteiger partial charge in [0.2, 0.25) is 0 Å². The standard InChI is InChI=1S/C36H54O5/c1-23(20-37)25-12-15-36(22-41-29-9-7-8-18-40-29)17-16-34(5)26(30(25)36)10-11-28-33(4)19-24(21-38)31(39)32(2,3)27(33)13-14-35(28,34)6/h19,21,25-30,37H,1,7-18,20,22H2,2-6H3/t25-,26+,27-,28+,29?,30+,33-,34+,35+,36+/m0/s1. The second-order valence-corrected chi connectivity index (χ2v) is 16.3. The highest BCUT2D eigenvalue weighted by Crippen LogP contribution is 2.77. The predicted molar refractivity (Wildman–Crippen MR) is 160 cm³/mol. The molecule has 0 aromatic carbocycles. The molecular weight excluding hydrogens is 512 g/mol. The molecule has 1 N–H and O–H groups in total. The molecule has 5 nitrogen and oxygen atoms in total. The summed E-state index contributed by atoms with van der Waals surface area (Å²) in [5, 5.41) is 10.3. The monoisotopic (exact) mass is 566 g/mol.